The van der Waals surface area contributed by atoms with Crippen molar-refractivity contribution in [2.24, 2.45) is 5.92 Å². The Morgan fingerprint density at radius 2 is 1.84 bits per heavy atom. The van der Waals surface area contributed by atoms with Crippen LogP contribution in [0.3, 0.4) is 0 Å². The van der Waals surface area contributed by atoms with Crippen LogP contribution in [0, 0.1) is 5.92 Å². The predicted molar refractivity (Wildman–Crippen MR) is 87.1 cm³/mol. The van der Waals surface area contributed by atoms with Gasteiger partial charge in [-0.2, -0.15) is 0 Å². The minimum atomic E-state index is 0.761. The molecule has 0 aliphatic carbocycles. The molecule has 0 aliphatic rings. The Hall–Kier alpha value is -1.56. The second-order valence-corrected chi connectivity index (χ2v) is 5.40. The number of allylic oxidation sites excluding steroid dienone is 5. The lowest BCUT2D eigenvalue weighted by Crippen LogP contribution is -1.91. The summed E-state index contributed by atoms with van der Waals surface area (Å²) in [6.45, 7) is 6.65. The van der Waals surface area contributed by atoms with Gasteiger partial charge in [0.2, 0.25) is 0 Å². The van der Waals surface area contributed by atoms with Gasteiger partial charge in [0.1, 0.15) is 0 Å². The molecular weight excluding hydrogens is 228 g/mol. The second kappa shape index (κ2) is 9.38. The Morgan fingerprint density at radius 1 is 1.11 bits per heavy atom. The standard InChI is InChI=1S/C19H26/c1-17(2)11-10-13-18(3)12-6-4-7-14-19-15-8-5-9-16-19/h4-9,11,14-16,18H,10,12-13H2,1-3H3/b6-4-,14-7+. The third kappa shape index (κ3) is 8.20. The molecule has 0 saturated carbocycles. The van der Waals surface area contributed by atoms with Crippen LogP contribution in [-0.4, -0.2) is 0 Å². The number of benzene rings is 1. The summed E-state index contributed by atoms with van der Waals surface area (Å²) >= 11 is 0. The van der Waals surface area contributed by atoms with Crippen LogP contribution in [0.25, 0.3) is 6.08 Å². The molecule has 0 fully saturated rings. The molecule has 102 valence electrons. The molecule has 0 bridgehead atoms. The van der Waals surface area contributed by atoms with Crippen molar-refractivity contribution in [1.82, 2.24) is 0 Å². The molecule has 1 atom stereocenters. The Bertz CT molecular complexity index is 417. The maximum Gasteiger partial charge on any atom is -0.0257 e. The molecule has 0 aliphatic heterocycles. The van der Waals surface area contributed by atoms with E-state index in [1.54, 1.807) is 0 Å². The van der Waals surface area contributed by atoms with Gasteiger partial charge in [-0.15, -0.1) is 0 Å². The van der Waals surface area contributed by atoms with E-state index < -0.39 is 0 Å². The summed E-state index contributed by atoms with van der Waals surface area (Å²) in [6.07, 6.45) is 14.7. The minimum Gasteiger partial charge on any atom is -0.0859 e. The molecule has 1 unspecified atom stereocenters. The predicted octanol–water partition coefficient (Wildman–Crippen LogP) is 6.03. The fourth-order valence-corrected chi connectivity index (χ4v) is 1.89. The van der Waals surface area contributed by atoms with Crippen LogP contribution in [0.5, 0.6) is 0 Å². The van der Waals surface area contributed by atoms with E-state index in [0.717, 1.165) is 12.3 Å². The van der Waals surface area contributed by atoms with E-state index in [2.05, 4.69) is 75.4 Å². The monoisotopic (exact) mass is 254 g/mol. The summed E-state index contributed by atoms with van der Waals surface area (Å²) in [5.41, 5.74) is 2.68. The van der Waals surface area contributed by atoms with Gasteiger partial charge in [-0.25, -0.2) is 0 Å². The van der Waals surface area contributed by atoms with E-state index in [4.69, 9.17) is 0 Å². The smallest absolute Gasteiger partial charge is 0.0257 e. The van der Waals surface area contributed by atoms with Gasteiger partial charge >= 0.3 is 0 Å². The Morgan fingerprint density at radius 3 is 2.53 bits per heavy atom. The molecule has 0 nitrogen and oxygen atoms in total. The van der Waals surface area contributed by atoms with Crippen molar-refractivity contribution >= 4 is 6.08 Å². The van der Waals surface area contributed by atoms with Gasteiger partial charge in [-0.05, 0) is 44.6 Å². The number of hydrogen-bond acceptors (Lipinski definition) is 0. The topological polar surface area (TPSA) is 0 Å². The van der Waals surface area contributed by atoms with E-state index in [-0.39, 0.29) is 0 Å². The van der Waals surface area contributed by atoms with Crippen molar-refractivity contribution in [2.45, 2.75) is 40.0 Å². The van der Waals surface area contributed by atoms with Gasteiger partial charge in [-0.3, -0.25) is 0 Å². The van der Waals surface area contributed by atoms with Crippen LogP contribution in [0.2, 0.25) is 0 Å². The van der Waals surface area contributed by atoms with Crippen LogP contribution in [0.15, 0.2) is 60.2 Å². The number of hydrogen-bond donors (Lipinski definition) is 0. The second-order valence-electron chi connectivity index (χ2n) is 5.40. The van der Waals surface area contributed by atoms with Crippen LogP contribution >= 0.6 is 0 Å². The molecule has 0 amide bonds. The molecular formula is C19H26. The highest BCUT2D eigenvalue weighted by Crippen LogP contribution is 2.12. The number of rotatable bonds is 7. The molecule has 0 saturated heterocycles. The van der Waals surface area contributed by atoms with E-state index in [0.29, 0.717) is 0 Å². The summed E-state index contributed by atoms with van der Waals surface area (Å²) < 4.78 is 0. The van der Waals surface area contributed by atoms with Crippen LogP contribution in [-0.2, 0) is 0 Å². The van der Waals surface area contributed by atoms with Gasteiger partial charge in [0.25, 0.3) is 0 Å². The molecule has 1 aromatic rings. The minimum absolute atomic E-state index is 0.761. The van der Waals surface area contributed by atoms with Crippen molar-refractivity contribution in [2.75, 3.05) is 0 Å². The van der Waals surface area contributed by atoms with Crippen LogP contribution < -0.4 is 0 Å². The molecule has 0 radical (unpaired) electrons. The SMILES string of the molecule is CC(C)=CCCC(C)C/C=C\C=C\c1ccccc1. The average molecular weight is 254 g/mol. The van der Waals surface area contributed by atoms with E-state index >= 15 is 0 Å². The zero-order valence-electron chi connectivity index (χ0n) is 12.5. The maximum absolute atomic E-state index is 2.33. The molecule has 0 aromatic heterocycles. The van der Waals surface area contributed by atoms with E-state index in [1.165, 1.54) is 24.0 Å². The van der Waals surface area contributed by atoms with Crippen molar-refractivity contribution < 1.29 is 0 Å². The van der Waals surface area contributed by atoms with Crippen molar-refractivity contribution in [1.29, 1.82) is 0 Å². The quantitative estimate of drug-likeness (QED) is 0.412. The summed E-state index contributed by atoms with van der Waals surface area (Å²) in [4.78, 5) is 0. The Labute approximate surface area is 118 Å². The molecule has 0 spiro atoms. The largest absolute Gasteiger partial charge is 0.0859 e. The zero-order chi connectivity index (χ0) is 13.9. The van der Waals surface area contributed by atoms with Gasteiger partial charge in [0, 0.05) is 0 Å². The van der Waals surface area contributed by atoms with E-state index in [1.807, 2.05) is 6.07 Å². The molecule has 1 rings (SSSR count). The lowest BCUT2D eigenvalue weighted by Gasteiger charge is -2.05. The maximum atomic E-state index is 2.33. The molecule has 0 heteroatoms. The van der Waals surface area contributed by atoms with Gasteiger partial charge < -0.3 is 0 Å². The van der Waals surface area contributed by atoms with Crippen LogP contribution in [0.4, 0.5) is 0 Å². The lowest BCUT2D eigenvalue weighted by molar-refractivity contribution is 0.546. The van der Waals surface area contributed by atoms with Crippen molar-refractivity contribution in [3.63, 3.8) is 0 Å². The highest BCUT2D eigenvalue weighted by atomic mass is 14.0. The Kier molecular flexibility index (Phi) is 7.65. The molecule has 0 N–H and O–H groups in total. The van der Waals surface area contributed by atoms with Crippen molar-refractivity contribution in [3.05, 3.63) is 65.8 Å². The highest BCUT2D eigenvalue weighted by molar-refractivity contribution is 5.50. The van der Waals surface area contributed by atoms with Crippen LogP contribution in [0.1, 0.15) is 45.6 Å². The lowest BCUT2D eigenvalue weighted by atomic mass is 10.0. The summed E-state index contributed by atoms with van der Waals surface area (Å²) in [7, 11) is 0. The zero-order valence-corrected chi connectivity index (χ0v) is 12.5. The highest BCUT2D eigenvalue weighted by Gasteiger charge is 1.97. The third-order valence-electron chi connectivity index (χ3n) is 3.09. The summed E-state index contributed by atoms with van der Waals surface area (Å²) in [5, 5.41) is 0. The fraction of sp³-hybridized carbons (Fsp3) is 0.368. The first-order valence-electron chi connectivity index (χ1n) is 7.20. The van der Waals surface area contributed by atoms with Crippen molar-refractivity contribution in [3.8, 4) is 0 Å². The van der Waals surface area contributed by atoms with Gasteiger partial charge in [0.05, 0.1) is 0 Å². The normalized spacial score (nSPS) is 13.0. The molecule has 1 aromatic carbocycles. The first-order chi connectivity index (χ1) is 9.18. The first-order valence-corrected chi connectivity index (χ1v) is 7.20. The summed E-state index contributed by atoms with van der Waals surface area (Å²) in [5.74, 6) is 0.761. The fourth-order valence-electron chi connectivity index (χ4n) is 1.89. The molecule has 19 heavy (non-hydrogen) atoms. The Balaban J connectivity index is 2.23. The van der Waals surface area contributed by atoms with Gasteiger partial charge in [-0.1, -0.05) is 73.2 Å². The van der Waals surface area contributed by atoms with Gasteiger partial charge in [0.15, 0.2) is 0 Å². The first kappa shape index (κ1) is 15.5. The van der Waals surface area contributed by atoms with E-state index in [9.17, 15) is 0 Å². The molecule has 0 heterocycles. The summed E-state index contributed by atoms with van der Waals surface area (Å²) in [6, 6.07) is 10.4. The third-order valence-corrected chi connectivity index (χ3v) is 3.09. The average Bonchev–Trinajstić information content (AvgIpc) is 2.39.